The van der Waals surface area contributed by atoms with Crippen LogP contribution in [0.2, 0.25) is 0 Å². The predicted octanol–water partition coefficient (Wildman–Crippen LogP) is 3.00. The van der Waals surface area contributed by atoms with Gasteiger partial charge in [-0.3, -0.25) is 4.90 Å². The molecule has 2 aromatic carbocycles. The smallest absolute Gasteiger partial charge is 0.127 e. The topological polar surface area (TPSA) is 32.7 Å². The number of benzene rings is 2. The summed E-state index contributed by atoms with van der Waals surface area (Å²) in [5.41, 5.74) is 1.44. The molecule has 1 unspecified atom stereocenters. The summed E-state index contributed by atoms with van der Waals surface area (Å²) in [4.78, 5) is 1.90. The molecule has 2 rings (SSSR count). The molecule has 0 bridgehead atoms. The molecule has 0 fully saturated rings. The zero-order chi connectivity index (χ0) is 15.2. The SMILES string of the molecule is COc1ccc(C(O)CN(C)Cc2ccccc2F)cc1. The summed E-state index contributed by atoms with van der Waals surface area (Å²) in [6.07, 6.45) is -0.618. The van der Waals surface area contributed by atoms with Crippen LogP contribution < -0.4 is 4.74 Å². The number of nitrogens with zero attached hydrogens (tertiary/aromatic N) is 1. The molecule has 4 heteroatoms. The van der Waals surface area contributed by atoms with Gasteiger partial charge >= 0.3 is 0 Å². The first-order chi connectivity index (χ1) is 10.1. The number of ether oxygens (including phenoxy) is 1. The van der Waals surface area contributed by atoms with Crippen LogP contribution in [0.5, 0.6) is 5.75 Å². The van der Waals surface area contributed by atoms with Gasteiger partial charge in [-0.05, 0) is 30.8 Å². The van der Waals surface area contributed by atoms with Crippen LogP contribution in [0.25, 0.3) is 0 Å². The van der Waals surface area contributed by atoms with Crippen LogP contribution in [-0.4, -0.2) is 30.7 Å². The Hall–Kier alpha value is -1.91. The van der Waals surface area contributed by atoms with Gasteiger partial charge in [0.2, 0.25) is 0 Å². The van der Waals surface area contributed by atoms with Crippen molar-refractivity contribution in [1.82, 2.24) is 4.90 Å². The van der Waals surface area contributed by atoms with Crippen molar-refractivity contribution in [1.29, 1.82) is 0 Å². The van der Waals surface area contributed by atoms with Crippen molar-refractivity contribution < 1.29 is 14.2 Å². The molecule has 1 N–H and O–H groups in total. The fraction of sp³-hybridized carbons (Fsp3) is 0.294. The van der Waals surface area contributed by atoms with E-state index in [0.717, 1.165) is 11.3 Å². The normalized spacial score (nSPS) is 12.4. The third-order valence-electron chi connectivity index (χ3n) is 3.38. The van der Waals surface area contributed by atoms with Crippen molar-refractivity contribution in [2.75, 3.05) is 20.7 Å². The summed E-state index contributed by atoms with van der Waals surface area (Å²) in [7, 11) is 3.47. The van der Waals surface area contributed by atoms with Gasteiger partial charge in [-0.1, -0.05) is 30.3 Å². The minimum atomic E-state index is -0.618. The molecule has 3 nitrogen and oxygen atoms in total. The van der Waals surface area contributed by atoms with Gasteiger partial charge in [-0.25, -0.2) is 4.39 Å². The number of methoxy groups -OCH3 is 1. The van der Waals surface area contributed by atoms with E-state index < -0.39 is 6.10 Å². The third kappa shape index (κ3) is 4.28. The van der Waals surface area contributed by atoms with E-state index >= 15 is 0 Å². The van der Waals surface area contributed by atoms with E-state index in [1.807, 2.05) is 42.3 Å². The Bertz CT molecular complexity index is 571. The van der Waals surface area contributed by atoms with Crippen molar-refractivity contribution >= 4 is 0 Å². The molecule has 0 amide bonds. The third-order valence-corrected chi connectivity index (χ3v) is 3.38. The maximum absolute atomic E-state index is 13.6. The highest BCUT2D eigenvalue weighted by atomic mass is 19.1. The molecule has 112 valence electrons. The van der Waals surface area contributed by atoms with Crippen LogP contribution >= 0.6 is 0 Å². The number of aliphatic hydroxyl groups is 1. The minimum Gasteiger partial charge on any atom is -0.497 e. The lowest BCUT2D eigenvalue weighted by Crippen LogP contribution is -2.24. The van der Waals surface area contributed by atoms with E-state index in [4.69, 9.17) is 4.74 Å². The number of rotatable bonds is 6. The quantitative estimate of drug-likeness (QED) is 0.887. The van der Waals surface area contributed by atoms with E-state index in [1.165, 1.54) is 6.07 Å². The zero-order valence-corrected chi connectivity index (χ0v) is 12.3. The molecule has 0 aliphatic rings. The van der Waals surface area contributed by atoms with E-state index in [2.05, 4.69) is 0 Å². The summed E-state index contributed by atoms with van der Waals surface area (Å²) < 4.78 is 18.7. The molecule has 0 heterocycles. The van der Waals surface area contributed by atoms with E-state index in [-0.39, 0.29) is 5.82 Å². The molecule has 2 aromatic rings. The van der Waals surface area contributed by atoms with Gasteiger partial charge in [0.25, 0.3) is 0 Å². The van der Waals surface area contributed by atoms with E-state index in [0.29, 0.717) is 18.7 Å². The van der Waals surface area contributed by atoms with Gasteiger partial charge < -0.3 is 9.84 Å². The van der Waals surface area contributed by atoms with Gasteiger partial charge in [0.15, 0.2) is 0 Å². The van der Waals surface area contributed by atoms with Crippen LogP contribution in [0.15, 0.2) is 48.5 Å². The number of aliphatic hydroxyl groups excluding tert-OH is 1. The van der Waals surface area contributed by atoms with Gasteiger partial charge in [0.05, 0.1) is 13.2 Å². The summed E-state index contributed by atoms with van der Waals surface area (Å²) in [5.74, 6) is 0.536. The average molecular weight is 289 g/mol. The number of hydrogen-bond acceptors (Lipinski definition) is 3. The van der Waals surface area contributed by atoms with Crippen molar-refractivity contribution in [2.45, 2.75) is 12.6 Å². The van der Waals surface area contributed by atoms with Crippen molar-refractivity contribution in [3.63, 3.8) is 0 Å². The first-order valence-electron chi connectivity index (χ1n) is 6.84. The van der Waals surface area contributed by atoms with Crippen LogP contribution in [0.3, 0.4) is 0 Å². The van der Waals surface area contributed by atoms with Crippen LogP contribution in [-0.2, 0) is 6.54 Å². The van der Waals surface area contributed by atoms with Crippen LogP contribution in [0.1, 0.15) is 17.2 Å². The van der Waals surface area contributed by atoms with E-state index in [1.54, 1.807) is 19.2 Å². The Morgan fingerprint density at radius 2 is 1.81 bits per heavy atom. The molecular weight excluding hydrogens is 269 g/mol. The zero-order valence-electron chi connectivity index (χ0n) is 12.3. The van der Waals surface area contributed by atoms with Crippen molar-refractivity contribution in [2.24, 2.45) is 0 Å². The maximum Gasteiger partial charge on any atom is 0.127 e. The van der Waals surface area contributed by atoms with Gasteiger partial charge in [0.1, 0.15) is 11.6 Å². The average Bonchev–Trinajstić information content (AvgIpc) is 2.49. The fourth-order valence-electron chi connectivity index (χ4n) is 2.21. The monoisotopic (exact) mass is 289 g/mol. The summed E-state index contributed by atoms with van der Waals surface area (Å²) in [5, 5.41) is 10.2. The lowest BCUT2D eigenvalue weighted by atomic mass is 10.1. The highest BCUT2D eigenvalue weighted by Crippen LogP contribution is 2.19. The molecule has 1 atom stereocenters. The molecule has 0 saturated heterocycles. The number of halogens is 1. The second-order valence-corrected chi connectivity index (χ2v) is 5.08. The fourth-order valence-corrected chi connectivity index (χ4v) is 2.21. The van der Waals surface area contributed by atoms with Gasteiger partial charge in [0, 0.05) is 18.7 Å². The lowest BCUT2D eigenvalue weighted by Gasteiger charge is -2.21. The van der Waals surface area contributed by atoms with E-state index in [9.17, 15) is 9.50 Å². The summed E-state index contributed by atoms with van der Waals surface area (Å²) in [6, 6.07) is 14.0. The second-order valence-electron chi connectivity index (χ2n) is 5.08. The first-order valence-corrected chi connectivity index (χ1v) is 6.84. The summed E-state index contributed by atoms with van der Waals surface area (Å²) in [6.45, 7) is 0.889. The minimum absolute atomic E-state index is 0.219. The first kappa shape index (κ1) is 15.5. The Morgan fingerprint density at radius 3 is 2.43 bits per heavy atom. The molecule has 0 radical (unpaired) electrons. The molecule has 0 spiro atoms. The van der Waals surface area contributed by atoms with Gasteiger partial charge in [-0.2, -0.15) is 0 Å². The second kappa shape index (κ2) is 7.20. The predicted molar refractivity (Wildman–Crippen MR) is 80.7 cm³/mol. The Kier molecular flexibility index (Phi) is 5.31. The molecule has 21 heavy (non-hydrogen) atoms. The largest absolute Gasteiger partial charge is 0.497 e. The van der Waals surface area contributed by atoms with Gasteiger partial charge in [-0.15, -0.1) is 0 Å². The Labute approximate surface area is 124 Å². The molecular formula is C17H20FNO2. The number of hydrogen-bond donors (Lipinski definition) is 1. The highest BCUT2D eigenvalue weighted by Gasteiger charge is 2.12. The van der Waals surface area contributed by atoms with Crippen LogP contribution in [0.4, 0.5) is 4.39 Å². The van der Waals surface area contributed by atoms with Crippen molar-refractivity contribution in [3.8, 4) is 5.75 Å². The standard InChI is InChI=1S/C17H20FNO2/c1-19(11-14-5-3-4-6-16(14)18)12-17(20)13-7-9-15(21-2)10-8-13/h3-10,17,20H,11-12H2,1-2H3. The van der Waals surface area contributed by atoms with Crippen molar-refractivity contribution in [3.05, 3.63) is 65.5 Å². The molecule has 0 aliphatic carbocycles. The van der Waals surface area contributed by atoms with Crippen LogP contribution in [0, 0.1) is 5.82 Å². The number of likely N-dealkylation sites (N-methyl/N-ethyl adjacent to an activating group) is 1. The molecule has 0 aromatic heterocycles. The molecule has 0 saturated carbocycles. The Morgan fingerprint density at radius 1 is 1.14 bits per heavy atom. The lowest BCUT2D eigenvalue weighted by molar-refractivity contribution is 0.123. The highest BCUT2D eigenvalue weighted by molar-refractivity contribution is 5.28. The summed E-state index contributed by atoms with van der Waals surface area (Å²) >= 11 is 0. The molecule has 0 aliphatic heterocycles. The maximum atomic E-state index is 13.6. The Balaban J connectivity index is 1.95.